The van der Waals surface area contributed by atoms with E-state index < -0.39 is 5.91 Å². The van der Waals surface area contributed by atoms with Crippen LogP contribution in [-0.2, 0) is 9.59 Å². The number of carbonyl (C=O) groups excluding carboxylic acids is 2. The van der Waals surface area contributed by atoms with Crippen LogP contribution in [-0.4, -0.2) is 29.8 Å². The second-order valence-corrected chi connectivity index (χ2v) is 5.01. The minimum absolute atomic E-state index is 0.0451. The summed E-state index contributed by atoms with van der Waals surface area (Å²) in [5.74, 6) is -0.0639. The van der Waals surface area contributed by atoms with E-state index in [0.717, 1.165) is 0 Å². The number of likely N-dealkylation sites (tertiary alicyclic amines) is 1. The van der Waals surface area contributed by atoms with Gasteiger partial charge in [0.05, 0.1) is 6.54 Å². The predicted octanol–water partition coefficient (Wildman–Crippen LogP) is 0.366. The summed E-state index contributed by atoms with van der Waals surface area (Å²) in [5.41, 5.74) is 5.17. The van der Waals surface area contributed by atoms with Crippen LogP contribution in [0, 0.1) is 11.3 Å². The van der Waals surface area contributed by atoms with Gasteiger partial charge in [-0.05, 0) is 11.3 Å². The molecule has 0 aliphatic carbocycles. The van der Waals surface area contributed by atoms with Gasteiger partial charge in [-0.3, -0.25) is 9.59 Å². The summed E-state index contributed by atoms with van der Waals surface area (Å²) in [4.78, 5) is 23.7. The topological polar surface area (TPSA) is 63.4 Å². The molecule has 4 nitrogen and oxygen atoms in total. The second kappa shape index (κ2) is 3.59. The number of primary amides is 1. The lowest BCUT2D eigenvalue weighted by molar-refractivity contribution is -0.132. The minimum atomic E-state index is -0.437. The fraction of sp³-hybridized carbons (Fsp3) is 0.800. The second-order valence-electron chi connectivity index (χ2n) is 5.01. The fourth-order valence-electron chi connectivity index (χ4n) is 1.69. The van der Waals surface area contributed by atoms with Crippen molar-refractivity contribution in [3.63, 3.8) is 0 Å². The van der Waals surface area contributed by atoms with Gasteiger partial charge >= 0.3 is 0 Å². The zero-order valence-electron chi connectivity index (χ0n) is 9.04. The van der Waals surface area contributed by atoms with Crippen molar-refractivity contribution < 1.29 is 9.59 Å². The van der Waals surface area contributed by atoms with Crippen molar-refractivity contribution in [2.24, 2.45) is 17.1 Å². The lowest BCUT2D eigenvalue weighted by Gasteiger charge is -2.26. The molecule has 1 rings (SSSR count). The maximum atomic E-state index is 11.5. The zero-order chi connectivity index (χ0) is 10.9. The standard InChI is InChI=1S/C10H18N2O2/c1-10(2,3)7-4-9(14)12(5-7)6-8(11)13/h7H,4-6H2,1-3H3,(H2,11,13). The molecule has 2 amide bonds. The van der Waals surface area contributed by atoms with Gasteiger partial charge in [0.2, 0.25) is 11.8 Å². The quantitative estimate of drug-likeness (QED) is 0.696. The van der Waals surface area contributed by atoms with Crippen LogP contribution < -0.4 is 5.73 Å². The Morgan fingerprint density at radius 2 is 2.14 bits per heavy atom. The Bertz CT molecular complexity index is 255. The summed E-state index contributed by atoms with van der Waals surface area (Å²) in [6, 6.07) is 0. The molecular weight excluding hydrogens is 180 g/mol. The molecule has 0 aromatic heterocycles. The third kappa shape index (κ3) is 2.47. The van der Waals surface area contributed by atoms with Crippen LogP contribution in [0.4, 0.5) is 0 Å². The zero-order valence-corrected chi connectivity index (χ0v) is 9.04. The summed E-state index contributed by atoms with van der Waals surface area (Å²) in [7, 11) is 0. The Kier molecular flexibility index (Phi) is 2.83. The number of nitrogens with zero attached hydrogens (tertiary/aromatic N) is 1. The summed E-state index contributed by atoms with van der Waals surface area (Å²) >= 11 is 0. The van der Waals surface area contributed by atoms with Gasteiger partial charge in [0, 0.05) is 13.0 Å². The SMILES string of the molecule is CC(C)(C)C1CC(=O)N(CC(N)=O)C1. The number of hydrogen-bond acceptors (Lipinski definition) is 2. The minimum Gasteiger partial charge on any atom is -0.368 e. The number of carbonyl (C=O) groups is 2. The van der Waals surface area contributed by atoms with Gasteiger partial charge in [-0.15, -0.1) is 0 Å². The maximum absolute atomic E-state index is 11.5. The van der Waals surface area contributed by atoms with Gasteiger partial charge in [0.15, 0.2) is 0 Å². The predicted molar refractivity (Wildman–Crippen MR) is 53.3 cm³/mol. The van der Waals surface area contributed by atoms with E-state index in [1.807, 2.05) is 0 Å². The van der Waals surface area contributed by atoms with Crippen molar-refractivity contribution in [3.8, 4) is 0 Å². The Hall–Kier alpha value is -1.06. The number of rotatable bonds is 2. The highest BCUT2D eigenvalue weighted by molar-refractivity contribution is 5.85. The Balaban J connectivity index is 2.60. The molecule has 1 saturated heterocycles. The van der Waals surface area contributed by atoms with E-state index >= 15 is 0 Å². The molecule has 0 radical (unpaired) electrons. The van der Waals surface area contributed by atoms with E-state index in [0.29, 0.717) is 18.9 Å². The van der Waals surface area contributed by atoms with Crippen LogP contribution in [0.5, 0.6) is 0 Å². The average molecular weight is 198 g/mol. The van der Waals surface area contributed by atoms with Gasteiger partial charge in [0.1, 0.15) is 0 Å². The lowest BCUT2D eigenvalue weighted by atomic mass is 9.80. The lowest BCUT2D eigenvalue weighted by Crippen LogP contribution is -2.35. The molecule has 4 heteroatoms. The first-order chi connectivity index (χ1) is 6.30. The average Bonchev–Trinajstić information content (AvgIpc) is 2.30. The molecule has 2 N–H and O–H groups in total. The van der Waals surface area contributed by atoms with Crippen LogP contribution in [0.25, 0.3) is 0 Å². The molecule has 0 saturated carbocycles. The van der Waals surface area contributed by atoms with Crippen molar-refractivity contribution in [2.45, 2.75) is 27.2 Å². The van der Waals surface area contributed by atoms with Crippen LogP contribution in [0.3, 0.4) is 0 Å². The summed E-state index contributed by atoms with van der Waals surface area (Å²) in [6.45, 7) is 7.05. The molecule has 14 heavy (non-hydrogen) atoms. The highest BCUT2D eigenvalue weighted by atomic mass is 16.2. The highest BCUT2D eigenvalue weighted by Crippen LogP contribution is 2.33. The molecule has 0 bridgehead atoms. The van der Waals surface area contributed by atoms with E-state index in [2.05, 4.69) is 20.8 Å². The monoisotopic (exact) mass is 198 g/mol. The fourth-order valence-corrected chi connectivity index (χ4v) is 1.69. The normalized spacial score (nSPS) is 22.9. The Morgan fingerprint density at radius 3 is 2.50 bits per heavy atom. The van der Waals surface area contributed by atoms with Gasteiger partial charge in [-0.2, -0.15) is 0 Å². The molecule has 0 spiro atoms. The van der Waals surface area contributed by atoms with Gasteiger partial charge < -0.3 is 10.6 Å². The number of nitrogens with two attached hydrogens (primary N) is 1. The van der Waals surface area contributed by atoms with Crippen LogP contribution in [0.15, 0.2) is 0 Å². The summed E-state index contributed by atoms with van der Waals surface area (Å²) in [5, 5.41) is 0. The number of amides is 2. The molecule has 1 atom stereocenters. The molecule has 0 aromatic carbocycles. The summed E-state index contributed by atoms with van der Waals surface area (Å²) in [6.07, 6.45) is 0.538. The molecule has 1 heterocycles. The molecule has 80 valence electrons. The first-order valence-corrected chi connectivity index (χ1v) is 4.87. The van der Waals surface area contributed by atoms with Crippen LogP contribution in [0.1, 0.15) is 27.2 Å². The van der Waals surface area contributed by atoms with Crippen molar-refractivity contribution >= 4 is 11.8 Å². The summed E-state index contributed by atoms with van der Waals surface area (Å²) < 4.78 is 0. The largest absolute Gasteiger partial charge is 0.368 e. The van der Waals surface area contributed by atoms with E-state index in [4.69, 9.17) is 5.73 Å². The van der Waals surface area contributed by atoms with Gasteiger partial charge in [-0.1, -0.05) is 20.8 Å². The Morgan fingerprint density at radius 1 is 1.57 bits per heavy atom. The third-order valence-electron chi connectivity index (χ3n) is 2.79. The molecule has 1 aliphatic heterocycles. The van der Waals surface area contributed by atoms with Crippen molar-refractivity contribution in [2.75, 3.05) is 13.1 Å². The number of hydrogen-bond donors (Lipinski definition) is 1. The first kappa shape index (κ1) is 11.0. The van der Waals surface area contributed by atoms with Gasteiger partial charge in [-0.25, -0.2) is 0 Å². The van der Waals surface area contributed by atoms with Crippen molar-refractivity contribution in [1.29, 1.82) is 0 Å². The molecule has 1 unspecified atom stereocenters. The smallest absolute Gasteiger partial charge is 0.237 e. The molecular formula is C10H18N2O2. The van der Waals surface area contributed by atoms with Gasteiger partial charge in [0.25, 0.3) is 0 Å². The molecule has 0 aromatic rings. The van der Waals surface area contributed by atoms with E-state index in [-0.39, 0.29) is 17.9 Å². The highest BCUT2D eigenvalue weighted by Gasteiger charge is 2.36. The van der Waals surface area contributed by atoms with Crippen LogP contribution in [0.2, 0.25) is 0 Å². The van der Waals surface area contributed by atoms with E-state index in [1.165, 1.54) is 0 Å². The van der Waals surface area contributed by atoms with E-state index in [9.17, 15) is 9.59 Å². The first-order valence-electron chi connectivity index (χ1n) is 4.87. The third-order valence-corrected chi connectivity index (χ3v) is 2.79. The van der Waals surface area contributed by atoms with E-state index in [1.54, 1.807) is 4.90 Å². The van der Waals surface area contributed by atoms with Crippen molar-refractivity contribution in [3.05, 3.63) is 0 Å². The molecule has 1 aliphatic rings. The Labute approximate surface area is 84.4 Å². The molecule has 1 fully saturated rings. The maximum Gasteiger partial charge on any atom is 0.237 e. The van der Waals surface area contributed by atoms with Crippen molar-refractivity contribution in [1.82, 2.24) is 4.90 Å². The van der Waals surface area contributed by atoms with Crippen LogP contribution >= 0.6 is 0 Å².